The number of rotatable bonds is 8. The van der Waals surface area contributed by atoms with Crippen LogP contribution in [0.4, 0.5) is 0 Å². The van der Waals surface area contributed by atoms with Crippen molar-refractivity contribution in [2.45, 2.75) is 77.0 Å². The Bertz CT molecular complexity index is 192. The van der Waals surface area contributed by atoms with E-state index in [2.05, 4.69) is 0 Å². The Hall–Kier alpha value is -0.0400. The molecule has 2 bridgehead atoms. The zero-order valence-electron chi connectivity index (χ0n) is 10.8. The molecule has 1 nitrogen and oxygen atoms in total. The van der Waals surface area contributed by atoms with Gasteiger partial charge in [0.1, 0.15) is 0 Å². The summed E-state index contributed by atoms with van der Waals surface area (Å²) in [4.78, 5) is 0. The van der Waals surface area contributed by atoms with Gasteiger partial charge in [0.2, 0.25) is 0 Å². The highest BCUT2D eigenvalue weighted by molar-refractivity contribution is 4.95. The highest BCUT2D eigenvalue weighted by atomic mass is 14.5. The second-order valence-corrected chi connectivity index (χ2v) is 6.31. The molecule has 94 valence electrons. The maximum atomic E-state index is 5.49. The molecule has 16 heavy (non-hydrogen) atoms. The van der Waals surface area contributed by atoms with Crippen molar-refractivity contribution in [2.24, 2.45) is 17.1 Å². The molecule has 0 aliphatic heterocycles. The van der Waals surface area contributed by atoms with Crippen LogP contribution in [0.3, 0.4) is 0 Å². The van der Waals surface area contributed by atoms with Crippen LogP contribution in [0.1, 0.15) is 77.0 Å². The zero-order chi connectivity index (χ0) is 11.3. The van der Waals surface area contributed by atoms with Crippen LogP contribution in [-0.2, 0) is 0 Å². The van der Waals surface area contributed by atoms with Gasteiger partial charge in [-0.05, 0) is 62.8 Å². The molecule has 0 aromatic heterocycles. The minimum Gasteiger partial charge on any atom is -0.330 e. The maximum Gasteiger partial charge on any atom is -0.00773 e. The fourth-order valence-electron chi connectivity index (χ4n) is 4.01. The van der Waals surface area contributed by atoms with Gasteiger partial charge in [-0.1, -0.05) is 32.1 Å². The smallest absolute Gasteiger partial charge is 0.00773 e. The van der Waals surface area contributed by atoms with Crippen LogP contribution >= 0.6 is 0 Å². The third-order valence-electron chi connectivity index (χ3n) is 5.05. The summed E-state index contributed by atoms with van der Waals surface area (Å²) >= 11 is 0. The van der Waals surface area contributed by atoms with Crippen molar-refractivity contribution in [3.05, 3.63) is 0 Å². The monoisotopic (exact) mass is 223 g/mol. The average molecular weight is 223 g/mol. The second-order valence-electron chi connectivity index (χ2n) is 6.31. The number of hydrogen-bond donors (Lipinski definition) is 1. The minimum absolute atomic E-state index is 0.835. The highest BCUT2D eigenvalue weighted by Crippen LogP contribution is 2.56. The first kappa shape index (κ1) is 12.4. The zero-order valence-corrected chi connectivity index (χ0v) is 10.8. The van der Waals surface area contributed by atoms with Gasteiger partial charge in [0, 0.05) is 0 Å². The van der Waals surface area contributed by atoms with E-state index in [0.29, 0.717) is 0 Å². The molecule has 0 spiro atoms. The molecule has 0 atom stereocenters. The lowest BCUT2D eigenvalue weighted by Crippen LogP contribution is -2.13. The van der Waals surface area contributed by atoms with Crippen LogP contribution in [0, 0.1) is 11.3 Å². The molecule has 2 N–H and O–H groups in total. The van der Waals surface area contributed by atoms with Crippen LogP contribution < -0.4 is 5.73 Å². The highest BCUT2D eigenvalue weighted by Gasteiger charge is 2.43. The predicted octanol–water partition coefficient (Wildman–Crippen LogP) is 4.26. The molecule has 2 aliphatic carbocycles. The molecule has 1 heteroatoms. The molecule has 2 aliphatic rings. The van der Waals surface area contributed by atoms with E-state index in [1.54, 1.807) is 38.5 Å². The first-order chi connectivity index (χ1) is 7.85. The van der Waals surface area contributed by atoms with Crippen LogP contribution in [0.5, 0.6) is 0 Å². The van der Waals surface area contributed by atoms with Gasteiger partial charge in [-0.25, -0.2) is 0 Å². The standard InChI is InChI=1S/C15H29N/c16-12-6-4-2-1-3-5-9-15-10-7-14(13-15)8-11-15/h14H,1-13,16H2. The van der Waals surface area contributed by atoms with E-state index in [1.165, 1.54) is 38.5 Å². The fourth-order valence-corrected chi connectivity index (χ4v) is 4.01. The molecule has 0 heterocycles. The van der Waals surface area contributed by atoms with E-state index >= 15 is 0 Å². The number of unbranched alkanes of at least 4 members (excludes halogenated alkanes) is 5. The van der Waals surface area contributed by atoms with E-state index < -0.39 is 0 Å². The molecule has 0 aromatic rings. The topological polar surface area (TPSA) is 26.0 Å². The molecule has 0 unspecified atom stereocenters. The van der Waals surface area contributed by atoms with E-state index in [-0.39, 0.29) is 0 Å². The van der Waals surface area contributed by atoms with Crippen molar-refractivity contribution in [2.75, 3.05) is 6.54 Å². The molecular weight excluding hydrogens is 194 g/mol. The molecule has 0 radical (unpaired) electrons. The molecule has 0 amide bonds. The predicted molar refractivity (Wildman–Crippen MR) is 70.4 cm³/mol. The summed E-state index contributed by atoms with van der Waals surface area (Å²) in [6, 6.07) is 0. The summed E-state index contributed by atoms with van der Waals surface area (Å²) in [6.45, 7) is 0.879. The van der Waals surface area contributed by atoms with Gasteiger partial charge in [-0.3, -0.25) is 0 Å². The van der Waals surface area contributed by atoms with Crippen molar-refractivity contribution >= 4 is 0 Å². The molecule has 2 fully saturated rings. The molecular formula is C15H29N. The largest absolute Gasteiger partial charge is 0.330 e. The Morgan fingerprint density at radius 1 is 0.875 bits per heavy atom. The Kier molecular flexibility index (Phi) is 4.69. The lowest BCUT2D eigenvalue weighted by atomic mass is 9.79. The van der Waals surface area contributed by atoms with Crippen molar-refractivity contribution in [1.29, 1.82) is 0 Å². The Balaban J connectivity index is 1.48. The van der Waals surface area contributed by atoms with Gasteiger partial charge in [0.25, 0.3) is 0 Å². The summed E-state index contributed by atoms with van der Waals surface area (Å²) in [5.74, 6) is 1.13. The Morgan fingerprint density at radius 2 is 1.50 bits per heavy atom. The quantitative estimate of drug-likeness (QED) is 0.611. The third kappa shape index (κ3) is 3.23. The SMILES string of the molecule is NCCCCCCCCC12CCC(CC1)C2. The Labute approximate surface area is 101 Å². The lowest BCUT2D eigenvalue weighted by Gasteiger charge is -2.26. The van der Waals surface area contributed by atoms with Crippen LogP contribution in [0.2, 0.25) is 0 Å². The normalized spacial score (nSPS) is 32.4. The van der Waals surface area contributed by atoms with Gasteiger partial charge in [0.05, 0.1) is 0 Å². The number of hydrogen-bond acceptors (Lipinski definition) is 1. The molecule has 0 aromatic carbocycles. The summed E-state index contributed by atoms with van der Waals surface area (Å²) in [5.41, 5.74) is 6.33. The fraction of sp³-hybridized carbons (Fsp3) is 1.00. The van der Waals surface area contributed by atoms with E-state index in [4.69, 9.17) is 5.73 Å². The molecule has 2 rings (SSSR count). The molecule has 2 saturated carbocycles. The van der Waals surface area contributed by atoms with Crippen molar-refractivity contribution in [3.8, 4) is 0 Å². The minimum atomic E-state index is 0.835. The molecule has 0 saturated heterocycles. The lowest BCUT2D eigenvalue weighted by molar-refractivity contribution is 0.260. The second kappa shape index (κ2) is 6.05. The summed E-state index contributed by atoms with van der Waals surface area (Å²) in [6.07, 6.45) is 17.7. The van der Waals surface area contributed by atoms with E-state index in [1.807, 2.05) is 0 Å². The maximum absolute atomic E-state index is 5.49. The van der Waals surface area contributed by atoms with Gasteiger partial charge < -0.3 is 5.73 Å². The van der Waals surface area contributed by atoms with Crippen molar-refractivity contribution in [3.63, 3.8) is 0 Å². The van der Waals surface area contributed by atoms with Crippen molar-refractivity contribution < 1.29 is 0 Å². The van der Waals surface area contributed by atoms with Gasteiger partial charge in [-0.15, -0.1) is 0 Å². The van der Waals surface area contributed by atoms with Gasteiger partial charge in [-0.2, -0.15) is 0 Å². The van der Waals surface area contributed by atoms with E-state index in [9.17, 15) is 0 Å². The Morgan fingerprint density at radius 3 is 2.06 bits per heavy atom. The summed E-state index contributed by atoms with van der Waals surface area (Å²) in [5, 5.41) is 0. The first-order valence-corrected chi connectivity index (χ1v) is 7.55. The van der Waals surface area contributed by atoms with Crippen LogP contribution in [0.15, 0.2) is 0 Å². The van der Waals surface area contributed by atoms with Gasteiger partial charge >= 0.3 is 0 Å². The number of fused-ring (bicyclic) bond motifs is 2. The summed E-state index contributed by atoms with van der Waals surface area (Å²) < 4.78 is 0. The van der Waals surface area contributed by atoms with Crippen LogP contribution in [0.25, 0.3) is 0 Å². The van der Waals surface area contributed by atoms with Crippen LogP contribution in [-0.4, -0.2) is 6.54 Å². The first-order valence-electron chi connectivity index (χ1n) is 7.55. The third-order valence-corrected chi connectivity index (χ3v) is 5.05. The number of nitrogens with two attached hydrogens (primary N) is 1. The van der Waals surface area contributed by atoms with Crippen molar-refractivity contribution in [1.82, 2.24) is 0 Å². The summed E-state index contributed by atoms with van der Waals surface area (Å²) in [7, 11) is 0. The van der Waals surface area contributed by atoms with Gasteiger partial charge in [0.15, 0.2) is 0 Å². The van der Waals surface area contributed by atoms with E-state index in [0.717, 1.165) is 17.9 Å². The average Bonchev–Trinajstić information content (AvgIpc) is 2.88.